The first-order valence-corrected chi connectivity index (χ1v) is 27.3. The summed E-state index contributed by atoms with van der Waals surface area (Å²) >= 11 is 1.58. The Morgan fingerprint density at radius 1 is 0.919 bits per heavy atom. The van der Waals surface area contributed by atoms with E-state index in [0.29, 0.717) is 52.0 Å². The molecule has 1 saturated carbocycles. The van der Waals surface area contributed by atoms with Crippen molar-refractivity contribution in [2.24, 2.45) is 11.3 Å². The number of aryl methyl sites for hydroxylation is 1. The number of β-amino-alcohol motifs (C(OH)–C–C–N with tert-alkyl or cyclic N) is 1. The number of amides is 4. The Morgan fingerprint density at radius 2 is 1.65 bits per heavy atom. The van der Waals surface area contributed by atoms with E-state index in [1.54, 1.807) is 11.3 Å². The average molecular weight is 1040 g/mol. The van der Waals surface area contributed by atoms with Gasteiger partial charge >= 0.3 is 0 Å². The van der Waals surface area contributed by atoms with Crippen LogP contribution in [0.2, 0.25) is 0 Å². The summed E-state index contributed by atoms with van der Waals surface area (Å²) in [4.78, 5) is 73.3. The fraction of sp³-hybridized carbons (Fsp3) is 0.582. The number of rotatable bonds is 29. The topological polar surface area (TPSA) is 210 Å². The van der Waals surface area contributed by atoms with Gasteiger partial charge in [0.1, 0.15) is 30.3 Å². The van der Waals surface area contributed by atoms with Gasteiger partial charge in [0, 0.05) is 115 Å². The average Bonchev–Trinajstić information content (AvgIpc) is 4.10. The fourth-order valence-corrected chi connectivity index (χ4v) is 10.0. The number of fused-ring (bicyclic) bond motifs is 1. The van der Waals surface area contributed by atoms with Crippen molar-refractivity contribution in [1.82, 2.24) is 35.4 Å². The van der Waals surface area contributed by atoms with Crippen LogP contribution in [0.15, 0.2) is 60.2 Å². The number of aliphatic hydroxyl groups is 1. The van der Waals surface area contributed by atoms with Crippen LogP contribution in [0.3, 0.4) is 0 Å². The largest absolute Gasteiger partial charge is 0.493 e. The smallest absolute Gasteiger partial charge is 0.246 e. The van der Waals surface area contributed by atoms with Crippen LogP contribution >= 0.6 is 11.3 Å². The summed E-state index contributed by atoms with van der Waals surface area (Å²) < 4.78 is 23.2. The van der Waals surface area contributed by atoms with Crippen molar-refractivity contribution in [3.05, 3.63) is 77.1 Å². The summed E-state index contributed by atoms with van der Waals surface area (Å²) in [6, 6.07) is 13.9. The lowest BCUT2D eigenvalue weighted by Crippen LogP contribution is -2.58. The molecule has 4 heterocycles. The predicted octanol–water partition coefficient (Wildman–Crippen LogP) is 6.46. The van der Waals surface area contributed by atoms with E-state index in [2.05, 4.69) is 30.8 Å². The molecule has 4 aromatic rings. The Bertz CT molecular complexity index is 2450. The Hall–Kier alpha value is -5.73. The lowest BCUT2D eigenvalue weighted by atomic mass is 9.84. The molecule has 0 unspecified atom stereocenters. The van der Waals surface area contributed by atoms with Gasteiger partial charge in [-0.15, -0.1) is 11.3 Å². The number of unbranched alkanes of at least 4 members (excludes halogenated alkanes) is 1. The normalized spacial score (nSPS) is 16.9. The highest BCUT2D eigenvalue weighted by atomic mass is 32.1. The third kappa shape index (κ3) is 16.4. The zero-order valence-corrected chi connectivity index (χ0v) is 44.8. The standard InChI is InChI=1S/C55H77N9O9S/c1-38-48(74-37-58-38)40-19-17-39(18-20-40)33-56-51(67)46-32-44(65)35-64(46)53(69)49(55(2,3)4)60-47(66)36-72-29-11-27-70-25-6-7-26-71-28-12-30-73-45-16-9-15-43(31-45)59-54-57-34-42-21-24-63(50(42)61-54)23-10-22-62(5)52(68)41-13-8-14-41/h9,15-20,31,34,37,41,44,46,49,65H,6-8,10-14,21-30,32-33,35-36H2,1-5H3,(H,56,67)(H,60,66)(H,57,59,61)/t44-,46+,49-/m1/s1. The lowest BCUT2D eigenvalue weighted by Gasteiger charge is -2.35. The van der Waals surface area contributed by atoms with Gasteiger partial charge in [0.15, 0.2) is 0 Å². The zero-order chi connectivity index (χ0) is 52.5. The molecule has 1 aliphatic carbocycles. The SMILES string of the molecule is Cc1ncsc1-c1ccc(CNC(=O)[C@@H]2C[C@@H](O)CN2C(=O)[C@@H](NC(=O)COCCCOCCCCOCCCOc2cccc(Nc3ncc4c(n3)N(CCCN(C)C(=O)C3CCC3)CC4)c2)C(C)(C)C)cc1. The zero-order valence-electron chi connectivity index (χ0n) is 43.9. The number of carbonyl (C=O) groups excluding carboxylic acids is 4. The van der Waals surface area contributed by atoms with E-state index >= 15 is 0 Å². The number of hydrogen-bond acceptors (Lipinski definition) is 15. The summed E-state index contributed by atoms with van der Waals surface area (Å²) in [5.74, 6) is 1.53. The fourth-order valence-electron chi connectivity index (χ4n) is 9.23. The van der Waals surface area contributed by atoms with Crippen LogP contribution in [0, 0.1) is 18.3 Å². The number of likely N-dealkylation sites (tertiary alicyclic amines) is 1. The quantitative estimate of drug-likeness (QED) is 0.0431. The van der Waals surface area contributed by atoms with Crippen molar-refractivity contribution >= 4 is 52.4 Å². The number of nitrogens with one attached hydrogen (secondary N) is 3. The van der Waals surface area contributed by atoms with Crippen molar-refractivity contribution in [2.45, 2.75) is 117 Å². The number of hydrogen-bond donors (Lipinski definition) is 4. The Morgan fingerprint density at radius 3 is 2.35 bits per heavy atom. The van der Waals surface area contributed by atoms with E-state index in [1.807, 2.05) is 99.9 Å². The second-order valence-electron chi connectivity index (χ2n) is 20.7. The maximum Gasteiger partial charge on any atom is 0.246 e. The summed E-state index contributed by atoms with van der Waals surface area (Å²) in [6.45, 7) is 13.2. The van der Waals surface area contributed by atoms with E-state index in [-0.39, 0.29) is 43.8 Å². The van der Waals surface area contributed by atoms with Crippen LogP contribution in [0.25, 0.3) is 10.4 Å². The monoisotopic (exact) mass is 1040 g/mol. The molecule has 18 nitrogen and oxygen atoms in total. The molecule has 7 rings (SSSR count). The highest BCUT2D eigenvalue weighted by molar-refractivity contribution is 7.13. The molecule has 1 saturated heterocycles. The number of nitrogens with zero attached hydrogens (tertiary/aromatic N) is 6. The molecule has 3 atom stereocenters. The molecule has 3 aliphatic rings. The van der Waals surface area contributed by atoms with Gasteiger partial charge in [0.05, 0.1) is 28.8 Å². The van der Waals surface area contributed by atoms with Crippen LogP contribution in [0.5, 0.6) is 5.75 Å². The van der Waals surface area contributed by atoms with Crippen LogP contribution in [-0.2, 0) is 46.4 Å². The highest BCUT2D eigenvalue weighted by Crippen LogP contribution is 2.31. The molecule has 0 radical (unpaired) electrons. The maximum absolute atomic E-state index is 14.0. The minimum absolute atomic E-state index is 0.00209. The number of thiazole rings is 1. The van der Waals surface area contributed by atoms with E-state index in [9.17, 15) is 24.3 Å². The molecule has 2 aliphatic heterocycles. The van der Waals surface area contributed by atoms with Gasteiger partial charge in [-0.05, 0) is 80.5 Å². The van der Waals surface area contributed by atoms with Gasteiger partial charge in [-0.2, -0.15) is 4.98 Å². The summed E-state index contributed by atoms with van der Waals surface area (Å²) in [7, 11) is 1.92. The number of benzene rings is 2. The molecule has 2 aromatic heterocycles. The first-order chi connectivity index (χ1) is 35.7. The van der Waals surface area contributed by atoms with Gasteiger partial charge in [-0.25, -0.2) is 9.97 Å². The van der Waals surface area contributed by atoms with E-state index in [4.69, 9.17) is 23.9 Å². The van der Waals surface area contributed by atoms with E-state index in [1.165, 1.54) is 11.3 Å². The summed E-state index contributed by atoms with van der Waals surface area (Å²) in [5.41, 5.74) is 6.05. The van der Waals surface area contributed by atoms with Gasteiger partial charge in [0.25, 0.3) is 0 Å². The molecule has 74 heavy (non-hydrogen) atoms. The minimum atomic E-state index is -0.940. The summed E-state index contributed by atoms with van der Waals surface area (Å²) in [5, 5.41) is 19.7. The number of anilines is 3. The van der Waals surface area contributed by atoms with Gasteiger partial charge < -0.3 is 54.7 Å². The van der Waals surface area contributed by atoms with Crippen molar-refractivity contribution < 1.29 is 43.2 Å². The van der Waals surface area contributed by atoms with Crippen LogP contribution in [-0.4, -0.2) is 151 Å². The second-order valence-corrected chi connectivity index (χ2v) is 21.5. The molecular formula is C55H77N9O9S. The second kappa shape index (κ2) is 27.7. The molecule has 19 heteroatoms. The molecule has 0 spiro atoms. The van der Waals surface area contributed by atoms with Crippen LogP contribution < -0.4 is 25.6 Å². The third-order valence-corrected chi connectivity index (χ3v) is 14.7. The van der Waals surface area contributed by atoms with Crippen molar-refractivity contribution in [2.75, 3.05) is 89.7 Å². The van der Waals surface area contributed by atoms with Crippen LogP contribution in [0.1, 0.15) is 95.4 Å². The summed E-state index contributed by atoms with van der Waals surface area (Å²) in [6.07, 6.45) is 9.26. The Labute approximate surface area is 440 Å². The van der Waals surface area contributed by atoms with Crippen LogP contribution in [0.4, 0.5) is 17.5 Å². The number of carbonyl (C=O) groups is 4. The molecule has 2 aromatic carbocycles. The van der Waals surface area contributed by atoms with E-state index < -0.39 is 35.4 Å². The molecule has 0 bridgehead atoms. The third-order valence-electron chi connectivity index (χ3n) is 13.7. The van der Waals surface area contributed by atoms with Crippen molar-refractivity contribution in [1.29, 1.82) is 0 Å². The lowest BCUT2D eigenvalue weighted by molar-refractivity contribution is -0.144. The van der Waals surface area contributed by atoms with Gasteiger partial charge in [-0.1, -0.05) is 57.5 Å². The molecule has 4 amide bonds. The molecule has 2 fully saturated rings. The molecular weight excluding hydrogens is 963 g/mol. The maximum atomic E-state index is 14.0. The Kier molecular flexibility index (Phi) is 21.0. The number of ether oxygens (including phenoxy) is 4. The highest BCUT2D eigenvalue weighted by Gasteiger charge is 2.44. The first-order valence-electron chi connectivity index (χ1n) is 26.4. The van der Waals surface area contributed by atoms with Gasteiger partial charge in [0.2, 0.25) is 29.6 Å². The van der Waals surface area contributed by atoms with Crippen molar-refractivity contribution in [3.63, 3.8) is 0 Å². The van der Waals surface area contributed by atoms with Gasteiger partial charge in [-0.3, -0.25) is 19.2 Å². The molecule has 402 valence electrons. The number of aromatic nitrogens is 3. The molecule has 4 N–H and O–H groups in total. The van der Waals surface area contributed by atoms with E-state index in [0.717, 1.165) is 109 Å². The van der Waals surface area contributed by atoms with Crippen molar-refractivity contribution in [3.8, 4) is 16.2 Å². The minimum Gasteiger partial charge on any atom is -0.493 e. The number of aliphatic hydroxyl groups excluding tert-OH is 1. The Balaban J connectivity index is 0.699. The first kappa shape index (κ1) is 56.0. The predicted molar refractivity (Wildman–Crippen MR) is 285 cm³/mol.